The standard InChI is InChI=1S/C21H16N4O2/c22-20(25-21-23-17-8-4-5-9-18(17)27-21)24-19(26)16-12-10-15(11-13-16)14-6-2-1-3-7-14/h1-13H,(H3,22,23,24,25,26). The summed E-state index contributed by atoms with van der Waals surface area (Å²) in [5.74, 6) is -0.533. The SMILES string of the molecule is N/C(=N/C(=O)c1ccc(-c2ccccc2)cc1)Nc1nc2ccccc2o1. The Kier molecular flexibility index (Phi) is 4.37. The summed E-state index contributed by atoms with van der Waals surface area (Å²) in [7, 11) is 0. The molecule has 1 aromatic heterocycles. The van der Waals surface area contributed by atoms with Crippen LogP contribution in [0.4, 0.5) is 6.01 Å². The molecule has 0 saturated carbocycles. The average molecular weight is 356 g/mol. The number of fused-ring (bicyclic) bond motifs is 1. The van der Waals surface area contributed by atoms with Crippen LogP contribution in [0.15, 0.2) is 88.3 Å². The van der Waals surface area contributed by atoms with Crippen LogP contribution in [0.25, 0.3) is 22.2 Å². The molecule has 0 aliphatic carbocycles. The second-order valence-corrected chi connectivity index (χ2v) is 5.86. The van der Waals surface area contributed by atoms with Crippen LogP contribution in [0, 0.1) is 0 Å². The molecule has 0 aliphatic rings. The molecule has 4 aromatic rings. The Morgan fingerprint density at radius 2 is 1.56 bits per heavy atom. The van der Waals surface area contributed by atoms with Crippen molar-refractivity contribution in [2.24, 2.45) is 10.7 Å². The molecule has 3 aromatic carbocycles. The van der Waals surface area contributed by atoms with Crippen molar-refractivity contribution < 1.29 is 9.21 Å². The number of hydrogen-bond donors (Lipinski definition) is 2. The zero-order valence-electron chi connectivity index (χ0n) is 14.3. The number of nitrogens with two attached hydrogens (primary N) is 1. The summed E-state index contributed by atoms with van der Waals surface area (Å²) in [4.78, 5) is 20.4. The number of guanidine groups is 1. The second kappa shape index (κ2) is 7.13. The van der Waals surface area contributed by atoms with E-state index in [4.69, 9.17) is 10.2 Å². The molecule has 0 aliphatic heterocycles. The maximum Gasteiger partial charge on any atom is 0.302 e. The average Bonchev–Trinajstić information content (AvgIpc) is 3.10. The lowest BCUT2D eigenvalue weighted by Crippen LogP contribution is -2.24. The first-order valence-electron chi connectivity index (χ1n) is 8.35. The molecule has 4 rings (SSSR count). The molecule has 0 unspecified atom stereocenters. The quantitative estimate of drug-likeness (QED) is 0.426. The smallest absolute Gasteiger partial charge is 0.302 e. The minimum atomic E-state index is -0.448. The third-order valence-electron chi connectivity index (χ3n) is 3.99. The van der Waals surface area contributed by atoms with Gasteiger partial charge in [-0.1, -0.05) is 54.6 Å². The van der Waals surface area contributed by atoms with Gasteiger partial charge in [-0.3, -0.25) is 10.1 Å². The van der Waals surface area contributed by atoms with Crippen molar-refractivity contribution in [3.8, 4) is 11.1 Å². The number of hydrogen-bond acceptors (Lipinski definition) is 3. The van der Waals surface area contributed by atoms with Crippen molar-refractivity contribution >= 4 is 29.0 Å². The zero-order valence-corrected chi connectivity index (χ0v) is 14.3. The number of benzene rings is 3. The maximum absolute atomic E-state index is 12.3. The largest absolute Gasteiger partial charge is 0.423 e. The molecule has 27 heavy (non-hydrogen) atoms. The lowest BCUT2D eigenvalue weighted by atomic mass is 10.0. The van der Waals surface area contributed by atoms with E-state index < -0.39 is 5.91 Å². The lowest BCUT2D eigenvalue weighted by Gasteiger charge is -2.03. The van der Waals surface area contributed by atoms with Gasteiger partial charge in [0.05, 0.1) is 0 Å². The van der Waals surface area contributed by atoms with Crippen LogP contribution in [-0.4, -0.2) is 16.9 Å². The van der Waals surface area contributed by atoms with Gasteiger partial charge in [-0.2, -0.15) is 9.98 Å². The Hall–Kier alpha value is -3.93. The molecule has 0 atom stereocenters. The third kappa shape index (κ3) is 3.69. The summed E-state index contributed by atoms with van der Waals surface area (Å²) in [6, 6.07) is 24.6. The number of carbonyl (C=O) groups excluding carboxylic acids is 1. The summed E-state index contributed by atoms with van der Waals surface area (Å²) >= 11 is 0. The van der Waals surface area contributed by atoms with Gasteiger partial charge in [0.15, 0.2) is 5.58 Å². The van der Waals surface area contributed by atoms with Crippen LogP contribution in [0.3, 0.4) is 0 Å². The van der Waals surface area contributed by atoms with Gasteiger partial charge in [-0.05, 0) is 35.4 Å². The van der Waals surface area contributed by atoms with Crippen LogP contribution in [-0.2, 0) is 0 Å². The molecule has 3 N–H and O–H groups in total. The molecule has 0 bridgehead atoms. The molecule has 6 heteroatoms. The highest BCUT2D eigenvalue weighted by atomic mass is 16.4. The van der Waals surface area contributed by atoms with Gasteiger partial charge >= 0.3 is 6.01 Å². The number of nitrogens with zero attached hydrogens (tertiary/aromatic N) is 2. The highest BCUT2D eigenvalue weighted by Gasteiger charge is 2.09. The fourth-order valence-corrected chi connectivity index (χ4v) is 2.67. The number of amides is 1. The summed E-state index contributed by atoms with van der Waals surface area (Å²) < 4.78 is 5.50. The number of carbonyl (C=O) groups is 1. The summed E-state index contributed by atoms with van der Waals surface area (Å²) in [5.41, 5.74) is 9.66. The molecule has 0 fully saturated rings. The van der Waals surface area contributed by atoms with E-state index in [1.807, 2.05) is 60.7 Å². The monoisotopic (exact) mass is 356 g/mol. The summed E-state index contributed by atoms with van der Waals surface area (Å²) in [6.07, 6.45) is 0. The molecule has 0 radical (unpaired) electrons. The fourth-order valence-electron chi connectivity index (χ4n) is 2.67. The number of rotatable bonds is 3. The third-order valence-corrected chi connectivity index (χ3v) is 3.99. The number of para-hydroxylation sites is 2. The fraction of sp³-hybridized carbons (Fsp3) is 0. The minimum Gasteiger partial charge on any atom is -0.423 e. The van der Waals surface area contributed by atoms with Crippen LogP contribution in [0.2, 0.25) is 0 Å². The molecule has 1 amide bonds. The molecular formula is C21H16N4O2. The Balaban J connectivity index is 1.48. The number of nitrogens with one attached hydrogen (secondary N) is 1. The van der Waals surface area contributed by atoms with E-state index in [1.165, 1.54) is 0 Å². The normalized spacial score (nSPS) is 11.5. The molecular weight excluding hydrogens is 340 g/mol. The van der Waals surface area contributed by atoms with E-state index in [2.05, 4.69) is 15.3 Å². The van der Waals surface area contributed by atoms with Crippen LogP contribution in [0.1, 0.15) is 10.4 Å². The van der Waals surface area contributed by atoms with E-state index >= 15 is 0 Å². The minimum absolute atomic E-state index is 0.0845. The van der Waals surface area contributed by atoms with Crippen molar-refractivity contribution in [2.75, 3.05) is 5.32 Å². The molecule has 0 saturated heterocycles. The van der Waals surface area contributed by atoms with Gasteiger partial charge in [-0.25, -0.2) is 0 Å². The van der Waals surface area contributed by atoms with Gasteiger partial charge in [0.2, 0.25) is 5.96 Å². The lowest BCUT2D eigenvalue weighted by molar-refractivity contribution is 0.100. The Labute approximate surface area is 155 Å². The van der Waals surface area contributed by atoms with E-state index in [0.717, 1.165) is 11.1 Å². The van der Waals surface area contributed by atoms with E-state index in [9.17, 15) is 4.79 Å². The van der Waals surface area contributed by atoms with Crippen molar-refractivity contribution in [2.45, 2.75) is 0 Å². The number of oxazole rings is 1. The van der Waals surface area contributed by atoms with Gasteiger partial charge in [0.1, 0.15) is 5.52 Å². The molecule has 6 nitrogen and oxygen atoms in total. The molecule has 0 spiro atoms. The highest BCUT2D eigenvalue weighted by molar-refractivity contribution is 6.05. The number of anilines is 1. The van der Waals surface area contributed by atoms with E-state index in [1.54, 1.807) is 18.2 Å². The van der Waals surface area contributed by atoms with Crippen molar-refractivity contribution in [1.29, 1.82) is 0 Å². The Morgan fingerprint density at radius 1 is 0.889 bits per heavy atom. The maximum atomic E-state index is 12.3. The number of aliphatic imine (C=N–C) groups is 1. The first-order valence-corrected chi connectivity index (χ1v) is 8.35. The van der Waals surface area contributed by atoms with Crippen LogP contribution >= 0.6 is 0 Å². The van der Waals surface area contributed by atoms with E-state index in [-0.39, 0.29) is 12.0 Å². The van der Waals surface area contributed by atoms with Crippen molar-refractivity contribution in [3.05, 3.63) is 84.4 Å². The van der Waals surface area contributed by atoms with Crippen LogP contribution < -0.4 is 11.1 Å². The predicted molar refractivity (Wildman–Crippen MR) is 105 cm³/mol. The zero-order chi connectivity index (χ0) is 18.6. The summed E-state index contributed by atoms with van der Waals surface area (Å²) in [5, 5.41) is 2.70. The molecule has 1 heterocycles. The Bertz CT molecular complexity index is 1080. The van der Waals surface area contributed by atoms with E-state index in [0.29, 0.717) is 16.7 Å². The second-order valence-electron chi connectivity index (χ2n) is 5.86. The van der Waals surface area contributed by atoms with Crippen molar-refractivity contribution in [3.63, 3.8) is 0 Å². The van der Waals surface area contributed by atoms with Gasteiger partial charge < -0.3 is 10.2 Å². The first-order chi connectivity index (χ1) is 13.2. The van der Waals surface area contributed by atoms with Gasteiger partial charge in [0.25, 0.3) is 5.91 Å². The first kappa shape index (κ1) is 16.5. The van der Waals surface area contributed by atoms with Gasteiger partial charge in [0, 0.05) is 5.56 Å². The van der Waals surface area contributed by atoms with Gasteiger partial charge in [-0.15, -0.1) is 0 Å². The van der Waals surface area contributed by atoms with Crippen LogP contribution in [0.5, 0.6) is 0 Å². The highest BCUT2D eigenvalue weighted by Crippen LogP contribution is 2.20. The topological polar surface area (TPSA) is 93.5 Å². The number of aromatic nitrogens is 1. The Morgan fingerprint density at radius 3 is 2.30 bits per heavy atom. The molecule has 132 valence electrons. The predicted octanol–water partition coefficient (Wildman–Crippen LogP) is 4.06. The summed E-state index contributed by atoms with van der Waals surface area (Å²) in [6.45, 7) is 0. The van der Waals surface area contributed by atoms with Crippen molar-refractivity contribution in [1.82, 2.24) is 4.98 Å².